The summed E-state index contributed by atoms with van der Waals surface area (Å²) in [5.74, 6) is -0.703. The van der Waals surface area contributed by atoms with Gasteiger partial charge < -0.3 is 9.52 Å². The molecule has 0 aliphatic heterocycles. The number of halogens is 3. The van der Waals surface area contributed by atoms with Gasteiger partial charge in [0.2, 0.25) is 0 Å². The molecule has 0 fully saturated rings. The van der Waals surface area contributed by atoms with Crippen LogP contribution in [0.5, 0.6) is 0 Å². The summed E-state index contributed by atoms with van der Waals surface area (Å²) in [6.45, 7) is 1.48. The summed E-state index contributed by atoms with van der Waals surface area (Å²) in [7, 11) is 0. The Morgan fingerprint density at radius 1 is 1.21 bits per heavy atom. The van der Waals surface area contributed by atoms with E-state index in [-0.39, 0.29) is 17.1 Å². The van der Waals surface area contributed by atoms with E-state index in [1.54, 1.807) is 0 Å². The zero-order chi connectivity index (χ0) is 14.2. The fourth-order valence-corrected chi connectivity index (χ4v) is 1.66. The Labute approximate surface area is 106 Å². The molecule has 0 aliphatic carbocycles. The first-order valence-corrected chi connectivity index (χ1v) is 5.30. The first-order chi connectivity index (χ1) is 8.79. The molecular weight excluding hydrogens is 261 g/mol. The molecule has 0 radical (unpaired) electrons. The van der Waals surface area contributed by atoms with Crippen molar-refractivity contribution in [2.75, 3.05) is 0 Å². The molecule has 1 aromatic carbocycles. The van der Waals surface area contributed by atoms with Gasteiger partial charge in [0.05, 0.1) is 5.56 Å². The van der Waals surface area contributed by atoms with Crippen LogP contribution in [-0.4, -0.2) is 11.1 Å². The number of aryl methyl sites for hydroxylation is 1. The number of benzene rings is 1. The highest BCUT2D eigenvalue weighted by Gasteiger charge is 2.30. The molecule has 6 heteroatoms. The van der Waals surface area contributed by atoms with E-state index < -0.39 is 17.7 Å². The van der Waals surface area contributed by atoms with Crippen molar-refractivity contribution in [3.05, 3.63) is 47.2 Å². The van der Waals surface area contributed by atoms with Crippen molar-refractivity contribution in [2.45, 2.75) is 13.1 Å². The van der Waals surface area contributed by atoms with E-state index in [1.165, 1.54) is 25.1 Å². The first kappa shape index (κ1) is 13.2. The molecule has 2 rings (SSSR count). The molecule has 3 nitrogen and oxygen atoms in total. The van der Waals surface area contributed by atoms with Gasteiger partial charge in [0, 0.05) is 5.56 Å². The van der Waals surface area contributed by atoms with Gasteiger partial charge in [-0.05, 0) is 25.1 Å². The number of aromatic carboxylic acids is 1. The van der Waals surface area contributed by atoms with Gasteiger partial charge in [-0.3, -0.25) is 0 Å². The monoisotopic (exact) mass is 270 g/mol. The SMILES string of the molecule is Cc1oc(-c2ccc(C(F)(F)F)cc2)cc1C(=O)O. The zero-order valence-electron chi connectivity index (χ0n) is 9.78. The Morgan fingerprint density at radius 3 is 2.21 bits per heavy atom. The number of alkyl halides is 3. The molecule has 19 heavy (non-hydrogen) atoms. The number of rotatable bonds is 2. The second-order valence-electron chi connectivity index (χ2n) is 3.96. The average Bonchev–Trinajstić information content (AvgIpc) is 2.70. The highest BCUT2D eigenvalue weighted by Crippen LogP contribution is 2.32. The summed E-state index contributed by atoms with van der Waals surface area (Å²) in [6, 6.07) is 5.63. The van der Waals surface area contributed by atoms with Crippen LogP contribution in [0.25, 0.3) is 11.3 Å². The largest absolute Gasteiger partial charge is 0.478 e. The van der Waals surface area contributed by atoms with E-state index in [9.17, 15) is 18.0 Å². The number of carboxylic acid groups (broad SMARTS) is 1. The van der Waals surface area contributed by atoms with Crippen LogP contribution in [0.4, 0.5) is 13.2 Å². The molecule has 100 valence electrons. The Hall–Kier alpha value is -2.24. The zero-order valence-corrected chi connectivity index (χ0v) is 9.78. The van der Waals surface area contributed by atoms with Crippen molar-refractivity contribution in [3.8, 4) is 11.3 Å². The van der Waals surface area contributed by atoms with Gasteiger partial charge in [-0.2, -0.15) is 13.2 Å². The van der Waals surface area contributed by atoms with Crippen molar-refractivity contribution in [2.24, 2.45) is 0 Å². The van der Waals surface area contributed by atoms with Gasteiger partial charge in [0.1, 0.15) is 17.1 Å². The number of furan rings is 1. The van der Waals surface area contributed by atoms with Crippen LogP contribution < -0.4 is 0 Å². The van der Waals surface area contributed by atoms with Crippen molar-refractivity contribution in [1.29, 1.82) is 0 Å². The lowest BCUT2D eigenvalue weighted by molar-refractivity contribution is -0.137. The van der Waals surface area contributed by atoms with Crippen LogP contribution in [0.3, 0.4) is 0 Å². The van der Waals surface area contributed by atoms with Crippen LogP contribution in [0.2, 0.25) is 0 Å². The lowest BCUT2D eigenvalue weighted by Crippen LogP contribution is -2.03. The number of carboxylic acids is 1. The third-order valence-corrected chi connectivity index (χ3v) is 2.64. The molecule has 0 saturated heterocycles. The van der Waals surface area contributed by atoms with Crippen molar-refractivity contribution < 1.29 is 27.5 Å². The van der Waals surface area contributed by atoms with Crippen LogP contribution in [0.15, 0.2) is 34.7 Å². The highest BCUT2D eigenvalue weighted by atomic mass is 19.4. The summed E-state index contributed by atoms with van der Waals surface area (Å²) in [5, 5.41) is 8.87. The summed E-state index contributed by atoms with van der Waals surface area (Å²) < 4.78 is 42.4. The Balaban J connectivity index is 2.38. The molecule has 0 amide bonds. The smallest absolute Gasteiger partial charge is 0.416 e. The van der Waals surface area contributed by atoms with E-state index in [0.29, 0.717) is 5.56 Å². The minimum Gasteiger partial charge on any atom is -0.478 e. The second-order valence-corrected chi connectivity index (χ2v) is 3.96. The standard InChI is InChI=1S/C13H9F3O3/c1-7-10(12(17)18)6-11(19-7)8-2-4-9(5-3-8)13(14,15)16/h2-6H,1H3,(H,17,18). The van der Waals surface area contributed by atoms with E-state index in [1.807, 2.05) is 0 Å². The molecule has 1 N–H and O–H groups in total. The van der Waals surface area contributed by atoms with Gasteiger partial charge in [0.15, 0.2) is 0 Å². The lowest BCUT2D eigenvalue weighted by atomic mass is 10.1. The van der Waals surface area contributed by atoms with Crippen LogP contribution in [0, 0.1) is 6.92 Å². The lowest BCUT2D eigenvalue weighted by Gasteiger charge is -2.06. The molecule has 1 heterocycles. The molecule has 0 bridgehead atoms. The molecular formula is C13H9F3O3. The molecule has 0 atom stereocenters. The predicted octanol–water partition coefficient (Wildman–Crippen LogP) is 3.97. The van der Waals surface area contributed by atoms with E-state index in [0.717, 1.165) is 12.1 Å². The summed E-state index contributed by atoms with van der Waals surface area (Å²) >= 11 is 0. The fraction of sp³-hybridized carbons (Fsp3) is 0.154. The number of hydrogen-bond donors (Lipinski definition) is 1. The van der Waals surface area contributed by atoms with Crippen LogP contribution >= 0.6 is 0 Å². The first-order valence-electron chi connectivity index (χ1n) is 5.30. The minimum absolute atomic E-state index is 0.00472. The van der Waals surface area contributed by atoms with Gasteiger partial charge in [-0.25, -0.2) is 4.79 Å². The van der Waals surface area contributed by atoms with Gasteiger partial charge in [-0.15, -0.1) is 0 Å². The summed E-state index contributed by atoms with van der Waals surface area (Å²) in [5.41, 5.74) is -0.378. The predicted molar refractivity (Wildman–Crippen MR) is 60.8 cm³/mol. The molecule has 0 unspecified atom stereocenters. The maximum atomic E-state index is 12.4. The van der Waals surface area contributed by atoms with E-state index in [2.05, 4.69) is 0 Å². The van der Waals surface area contributed by atoms with E-state index in [4.69, 9.17) is 9.52 Å². The topological polar surface area (TPSA) is 50.4 Å². The third-order valence-electron chi connectivity index (χ3n) is 2.64. The van der Waals surface area contributed by atoms with Crippen molar-refractivity contribution in [1.82, 2.24) is 0 Å². The van der Waals surface area contributed by atoms with Crippen molar-refractivity contribution >= 4 is 5.97 Å². The summed E-state index contributed by atoms with van der Waals surface area (Å²) in [6.07, 6.45) is -4.40. The highest BCUT2D eigenvalue weighted by molar-refractivity contribution is 5.90. The fourth-order valence-electron chi connectivity index (χ4n) is 1.66. The molecule has 0 aliphatic rings. The molecule has 1 aromatic heterocycles. The Morgan fingerprint density at radius 2 is 1.79 bits per heavy atom. The summed E-state index contributed by atoms with van der Waals surface area (Å²) in [4.78, 5) is 10.8. The maximum absolute atomic E-state index is 12.4. The quantitative estimate of drug-likeness (QED) is 0.898. The normalized spacial score (nSPS) is 11.6. The van der Waals surface area contributed by atoms with Crippen molar-refractivity contribution in [3.63, 3.8) is 0 Å². The number of hydrogen-bond acceptors (Lipinski definition) is 2. The third kappa shape index (κ3) is 2.62. The van der Waals surface area contributed by atoms with Crippen LogP contribution in [-0.2, 0) is 6.18 Å². The van der Waals surface area contributed by atoms with Gasteiger partial charge in [-0.1, -0.05) is 12.1 Å². The molecule has 0 spiro atoms. The van der Waals surface area contributed by atoms with Gasteiger partial charge >= 0.3 is 12.1 Å². The average molecular weight is 270 g/mol. The Bertz CT molecular complexity index is 609. The second kappa shape index (κ2) is 4.46. The molecule has 2 aromatic rings. The van der Waals surface area contributed by atoms with Gasteiger partial charge in [0.25, 0.3) is 0 Å². The Kier molecular flexibility index (Phi) is 3.09. The van der Waals surface area contributed by atoms with Crippen LogP contribution in [0.1, 0.15) is 21.7 Å². The number of carbonyl (C=O) groups is 1. The van der Waals surface area contributed by atoms with E-state index >= 15 is 0 Å². The maximum Gasteiger partial charge on any atom is 0.416 e. The molecule has 0 saturated carbocycles. The minimum atomic E-state index is -4.40.